The van der Waals surface area contributed by atoms with Crippen molar-refractivity contribution < 1.29 is 4.79 Å². The van der Waals surface area contributed by atoms with Crippen LogP contribution in [0.15, 0.2) is 0 Å². The summed E-state index contributed by atoms with van der Waals surface area (Å²) in [6.45, 7) is 12.7. The summed E-state index contributed by atoms with van der Waals surface area (Å²) >= 11 is 0. The molecule has 2 N–H and O–H groups in total. The van der Waals surface area contributed by atoms with Gasteiger partial charge < -0.3 is 15.5 Å². The number of halogens is 3. The quantitative estimate of drug-likeness (QED) is 0.750. The van der Waals surface area contributed by atoms with E-state index in [0.717, 1.165) is 58.8 Å². The van der Waals surface area contributed by atoms with E-state index in [0.29, 0.717) is 6.04 Å². The summed E-state index contributed by atoms with van der Waals surface area (Å²) in [5.41, 5.74) is 0. The van der Waals surface area contributed by atoms with Gasteiger partial charge in [-0.1, -0.05) is 6.92 Å². The normalized spacial score (nSPS) is 23.6. The molecule has 0 radical (unpaired) electrons. The zero-order chi connectivity index (χ0) is 13.7. The van der Waals surface area contributed by atoms with E-state index in [1.165, 1.54) is 0 Å². The molecule has 2 saturated heterocycles. The molecule has 134 valence electrons. The second-order valence-electron chi connectivity index (χ2n) is 5.75. The lowest BCUT2D eigenvalue weighted by Gasteiger charge is -2.37. The molecule has 22 heavy (non-hydrogen) atoms. The summed E-state index contributed by atoms with van der Waals surface area (Å²) in [6.07, 6.45) is 0.982. The summed E-state index contributed by atoms with van der Waals surface area (Å²) in [7, 11) is 0. The zero-order valence-corrected chi connectivity index (χ0v) is 16.0. The van der Waals surface area contributed by atoms with Gasteiger partial charge >= 0.3 is 0 Å². The number of piperazine rings is 1. The molecule has 5 nitrogen and oxygen atoms in total. The number of hydrogen-bond donors (Lipinski definition) is 2. The van der Waals surface area contributed by atoms with Crippen LogP contribution >= 0.6 is 37.2 Å². The van der Waals surface area contributed by atoms with Crippen LogP contribution < -0.4 is 10.6 Å². The molecule has 2 aliphatic rings. The fourth-order valence-corrected chi connectivity index (χ4v) is 2.92. The Morgan fingerprint density at radius 3 is 2.36 bits per heavy atom. The van der Waals surface area contributed by atoms with Gasteiger partial charge in [-0.05, 0) is 26.4 Å². The highest BCUT2D eigenvalue weighted by Crippen LogP contribution is 2.08. The minimum Gasteiger partial charge on any atom is -0.354 e. The Balaban J connectivity index is 0. The second kappa shape index (κ2) is 12.6. The van der Waals surface area contributed by atoms with Gasteiger partial charge in [0, 0.05) is 45.3 Å². The van der Waals surface area contributed by atoms with Crippen LogP contribution in [0.1, 0.15) is 20.3 Å². The minimum atomic E-state index is 0. The first-order chi connectivity index (χ1) is 9.20. The summed E-state index contributed by atoms with van der Waals surface area (Å²) < 4.78 is 0. The van der Waals surface area contributed by atoms with Gasteiger partial charge in [-0.15, -0.1) is 37.2 Å². The third-order valence-electron chi connectivity index (χ3n) is 4.48. The van der Waals surface area contributed by atoms with E-state index < -0.39 is 0 Å². The Kier molecular flexibility index (Phi) is 14.0. The monoisotopic (exact) mass is 376 g/mol. The first-order valence-electron chi connectivity index (χ1n) is 7.65. The number of rotatable bonds is 5. The zero-order valence-electron chi connectivity index (χ0n) is 13.5. The van der Waals surface area contributed by atoms with Crippen molar-refractivity contribution in [2.45, 2.75) is 26.3 Å². The van der Waals surface area contributed by atoms with Gasteiger partial charge in [0.05, 0.1) is 5.92 Å². The molecular weight excluding hydrogens is 347 g/mol. The molecule has 2 aliphatic heterocycles. The van der Waals surface area contributed by atoms with Crippen molar-refractivity contribution in [1.29, 1.82) is 0 Å². The average Bonchev–Trinajstić information content (AvgIpc) is 2.98. The Hall–Kier alpha value is 0.220. The standard InChI is InChI=1S/C14H28N4O.3ClH/c1-3-17-6-8-18(9-7-17)12(2)10-16-14(19)13-4-5-15-11-13;;;/h12-13,15H,3-11H2,1-2H3,(H,16,19);3*1H. The van der Waals surface area contributed by atoms with Gasteiger partial charge in [-0.25, -0.2) is 0 Å². The maximum absolute atomic E-state index is 12.0. The topological polar surface area (TPSA) is 47.6 Å². The highest BCUT2D eigenvalue weighted by atomic mass is 35.5. The maximum atomic E-state index is 12.0. The molecule has 0 aromatic heterocycles. The van der Waals surface area contributed by atoms with E-state index in [1.54, 1.807) is 0 Å². The lowest BCUT2D eigenvalue weighted by molar-refractivity contribution is -0.124. The van der Waals surface area contributed by atoms with Gasteiger partial charge in [0.25, 0.3) is 0 Å². The molecule has 0 aliphatic carbocycles. The van der Waals surface area contributed by atoms with E-state index >= 15 is 0 Å². The van der Waals surface area contributed by atoms with Crippen LogP contribution in [0.5, 0.6) is 0 Å². The first-order valence-corrected chi connectivity index (χ1v) is 7.65. The van der Waals surface area contributed by atoms with E-state index in [9.17, 15) is 4.79 Å². The number of amides is 1. The van der Waals surface area contributed by atoms with Crippen molar-refractivity contribution in [2.24, 2.45) is 5.92 Å². The van der Waals surface area contributed by atoms with E-state index in [-0.39, 0.29) is 49.0 Å². The van der Waals surface area contributed by atoms with Crippen LogP contribution in [0.25, 0.3) is 0 Å². The SMILES string of the molecule is CCN1CCN(C(C)CNC(=O)C2CCNC2)CC1.Cl.Cl.Cl. The van der Waals surface area contributed by atoms with Crippen LogP contribution in [-0.4, -0.2) is 74.1 Å². The molecule has 2 rings (SSSR count). The third-order valence-corrected chi connectivity index (χ3v) is 4.48. The number of nitrogens with zero attached hydrogens (tertiary/aromatic N) is 2. The molecular formula is C14H31Cl3N4O. The number of hydrogen-bond acceptors (Lipinski definition) is 4. The van der Waals surface area contributed by atoms with Crippen molar-refractivity contribution in [3.8, 4) is 0 Å². The molecule has 0 spiro atoms. The predicted molar refractivity (Wildman–Crippen MR) is 98.9 cm³/mol. The van der Waals surface area contributed by atoms with Crippen LogP contribution in [0.2, 0.25) is 0 Å². The minimum absolute atomic E-state index is 0. The molecule has 2 heterocycles. The maximum Gasteiger partial charge on any atom is 0.224 e. The van der Waals surface area contributed by atoms with Crippen molar-refractivity contribution >= 4 is 43.1 Å². The second-order valence-corrected chi connectivity index (χ2v) is 5.75. The van der Waals surface area contributed by atoms with Gasteiger partial charge in [0.2, 0.25) is 5.91 Å². The molecule has 0 bridgehead atoms. The highest BCUT2D eigenvalue weighted by molar-refractivity contribution is 5.86. The number of nitrogens with one attached hydrogen (secondary N) is 2. The fraction of sp³-hybridized carbons (Fsp3) is 0.929. The van der Waals surface area contributed by atoms with E-state index in [2.05, 4.69) is 34.3 Å². The van der Waals surface area contributed by atoms with Crippen LogP contribution in [0.4, 0.5) is 0 Å². The molecule has 2 fully saturated rings. The number of carbonyl (C=O) groups is 1. The molecule has 8 heteroatoms. The van der Waals surface area contributed by atoms with Gasteiger partial charge in [0.15, 0.2) is 0 Å². The van der Waals surface area contributed by atoms with Gasteiger partial charge in [-0.2, -0.15) is 0 Å². The molecule has 0 aromatic rings. The van der Waals surface area contributed by atoms with Crippen LogP contribution in [0.3, 0.4) is 0 Å². The smallest absolute Gasteiger partial charge is 0.224 e. The molecule has 1 amide bonds. The number of carbonyl (C=O) groups excluding carboxylic acids is 1. The van der Waals surface area contributed by atoms with Crippen molar-refractivity contribution in [3.63, 3.8) is 0 Å². The van der Waals surface area contributed by atoms with Gasteiger partial charge in [-0.3, -0.25) is 9.69 Å². The lowest BCUT2D eigenvalue weighted by atomic mass is 10.1. The Morgan fingerprint density at radius 2 is 1.86 bits per heavy atom. The molecule has 2 atom stereocenters. The van der Waals surface area contributed by atoms with Crippen molar-refractivity contribution in [2.75, 3.05) is 52.4 Å². The van der Waals surface area contributed by atoms with Gasteiger partial charge in [0.1, 0.15) is 0 Å². The van der Waals surface area contributed by atoms with Crippen LogP contribution in [-0.2, 0) is 4.79 Å². The molecule has 0 saturated carbocycles. The Bertz CT molecular complexity index is 296. The summed E-state index contributed by atoms with van der Waals surface area (Å²) in [5, 5.41) is 6.35. The Morgan fingerprint density at radius 1 is 1.23 bits per heavy atom. The first kappa shape index (κ1) is 24.5. The van der Waals surface area contributed by atoms with E-state index in [1.807, 2.05) is 0 Å². The fourth-order valence-electron chi connectivity index (χ4n) is 2.92. The third kappa shape index (κ3) is 7.20. The Labute approximate surface area is 153 Å². The van der Waals surface area contributed by atoms with E-state index in [4.69, 9.17) is 0 Å². The number of likely N-dealkylation sites (N-methyl/N-ethyl adjacent to an activating group) is 1. The largest absolute Gasteiger partial charge is 0.354 e. The summed E-state index contributed by atoms with van der Waals surface area (Å²) in [4.78, 5) is 16.9. The predicted octanol–water partition coefficient (Wildman–Crippen LogP) is 1.00. The van der Waals surface area contributed by atoms with Crippen molar-refractivity contribution in [3.05, 3.63) is 0 Å². The molecule has 0 aromatic carbocycles. The lowest BCUT2D eigenvalue weighted by Crippen LogP contribution is -2.52. The highest BCUT2D eigenvalue weighted by Gasteiger charge is 2.24. The summed E-state index contributed by atoms with van der Waals surface area (Å²) in [5.74, 6) is 0.410. The average molecular weight is 378 g/mol. The van der Waals surface area contributed by atoms with Crippen LogP contribution in [0, 0.1) is 5.92 Å². The molecule has 2 unspecified atom stereocenters. The van der Waals surface area contributed by atoms with Crippen molar-refractivity contribution in [1.82, 2.24) is 20.4 Å². The summed E-state index contributed by atoms with van der Waals surface area (Å²) in [6, 6.07) is 0.442.